The van der Waals surface area contributed by atoms with Gasteiger partial charge in [0.1, 0.15) is 17.3 Å². The maximum Gasteiger partial charge on any atom is 0.291 e. The number of rotatable bonds is 7. The van der Waals surface area contributed by atoms with Crippen molar-refractivity contribution >= 4 is 23.4 Å². The number of anilines is 1. The van der Waals surface area contributed by atoms with Crippen LogP contribution in [0.1, 0.15) is 27.7 Å². The van der Waals surface area contributed by atoms with Crippen LogP contribution in [0.3, 0.4) is 0 Å². The number of methoxy groups -OCH3 is 2. The van der Waals surface area contributed by atoms with Crippen LogP contribution in [0.15, 0.2) is 46.0 Å². The number of benzene rings is 1. The van der Waals surface area contributed by atoms with E-state index in [4.69, 9.17) is 13.9 Å². The normalized spacial score (nSPS) is 10.6. The van der Waals surface area contributed by atoms with Gasteiger partial charge in [-0.05, 0) is 44.2 Å². The lowest BCUT2D eigenvalue weighted by Crippen LogP contribution is -2.11. The first kappa shape index (κ1) is 19.8. The number of aryl methyl sites for hydroxylation is 2. The highest BCUT2D eigenvalue weighted by Crippen LogP contribution is 2.29. The average Bonchev–Trinajstić information content (AvgIpc) is 3.15. The topological polar surface area (TPSA) is 86.5 Å². The van der Waals surface area contributed by atoms with E-state index in [0.717, 1.165) is 11.4 Å². The van der Waals surface area contributed by atoms with Crippen molar-refractivity contribution in [3.8, 4) is 11.5 Å². The lowest BCUT2D eigenvalue weighted by atomic mass is 10.2. The molecule has 1 N–H and O–H groups in total. The van der Waals surface area contributed by atoms with Gasteiger partial charge in [-0.2, -0.15) is 0 Å². The second-order valence-electron chi connectivity index (χ2n) is 6.01. The highest BCUT2D eigenvalue weighted by molar-refractivity contribution is 7.98. The van der Waals surface area contributed by atoms with E-state index in [9.17, 15) is 4.79 Å². The first-order chi connectivity index (χ1) is 13.5. The van der Waals surface area contributed by atoms with E-state index >= 15 is 0 Å². The quantitative estimate of drug-likeness (QED) is 0.469. The molecule has 0 saturated carbocycles. The molecular weight excluding hydrogens is 378 g/mol. The Morgan fingerprint density at radius 1 is 1.07 bits per heavy atom. The predicted molar refractivity (Wildman–Crippen MR) is 107 cm³/mol. The van der Waals surface area contributed by atoms with Crippen molar-refractivity contribution in [1.82, 2.24) is 9.97 Å². The van der Waals surface area contributed by atoms with Crippen LogP contribution in [0.4, 0.5) is 5.69 Å². The second-order valence-corrected chi connectivity index (χ2v) is 6.95. The number of ether oxygens (including phenoxy) is 2. The first-order valence-electron chi connectivity index (χ1n) is 8.55. The Bertz CT molecular complexity index is 967. The minimum Gasteiger partial charge on any atom is -0.497 e. The molecule has 0 unspecified atom stereocenters. The van der Waals surface area contributed by atoms with Gasteiger partial charge in [0.05, 0.1) is 25.7 Å². The molecule has 2 heterocycles. The number of furan rings is 1. The van der Waals surface area contributed by atoms with Crippen molar-refractivity contribution in [2.45, 2.75) is 24.8 Å². The number of nitrogens with zero attached hydrogens (tertiary/aromatic N) is 2. The van der Waals surface area contributed by atoms with Crippen LogP contribution in [0.2, 0.25) is 0 Å². The van der Waals surface area contributed by atoms with Crippen molar-refractivity contribution in [3.05, 3.63) is 59.3 Å². The Labute approximate surface area is 167 Å². The molecule has 3 rings (SSSR count). The summed E-state index contributed by atoms with van der Waals surface area (Å²) in [7, 11) is 3.10. The fraction of sp³-hybridized carbons (Fsp3) is 0.250. The van der Waals surface area contributed by atoms with Gasteiger partial charge in [0, 0.05) is 17.5 Å². The third kappa shape index (κ3) is 4.83. The summed E-state index contributed by atoms with van der Waals surface area (Å²) in [5.74, 6) is 2.17. The van der Waals surface area contributed by atoms with E-state index in [1.807, 2.05) is 19.9 Å². The van der Waals surface area contributed by atoms with Gasteiger partial charge in [0.2, 0.25) is 0 Å². The van der Waals surface area contributed by atoms with Gasteiger partial charge in [-0.25, -0.2) is 9.97 Å². The number of nitrogens with one attached hydrogen (secondary N) is 1. The summed E-state index contributed by atoms with van der Waals surface area (Å²) in [6, 6.07) is 10.5. The molecule has 0 radical (unpaired) electrons. The number of hydrogen-bond acceptors (Lipinski definition) is 7. The minimum absolute atomic E-state index is 0.210. The summed E-state index contributed by atoms with van der Waals surface area (Å²) >= 11 is 1.46. The van der Waals surface area contributed by atoms with Crippen LogP contribution in [0, 0.1) is 13.8 Å². The third-order valence-corrected chi connectivity index (χ3v) is 4.72. The second kappa shape index (κ2) is 8.79. The molecule has 0 bridgehead atoms. The van der Waals surface area contributed by atoms with Crippen molar-refractivity contribution in [1.29, 1.82) is 0 Å². The zero-order chi connectivity index (χ0) is 20.1. The molecule has 7 nitrogen and oxygen atoms in total. The van der Waals surface area contributed by atoms with Crippen molar-refractivity contribution in [2.75, 3.05) is 19.5 Å². The fourth-order valence-corrected chi connectivity index (χ4v) is 3.41. The molecule has 0 aliphatic rings. The van der Waals surface area contributed by atoms with Crippen LogP contribution in [-0.2, 0) is 5.75 Å². The highest BCUT2D eigenvalue weighted by atomic mass is 32.2. The molecule has 2 aromatic heterocycles. The lowest BCUT2D eigenvalue weighted by molar-refractivity contribution is 0.0995. The van der Waals surface area contributed by atoms with Gasteiger partial charge in [-0.1, -0.05) is 11.8 Å². The summed E-state index contributed by atoms with van der Waals surface area (Å²) < 4.78 is 16.1. The number of carbonyl (C=O) groups is 1. The zero-order valence-electron chi connectivity index (χ0n) is 16.1. The van der Waals surface area contributed by atoms with Crippen LogP contribution in [0.5, 0.6) is 11.5 Å². The molecule has 0 saturated heterocycles. The fourth-order valence-electron chi connectivity index (χ4n) is 2.57. The van der Waals surface area contributed by atoms with Crippen molar-refractivity contribution in [3.63, 3.8) is 0 Å². The van der Waals surface area contributed by atoms with Crippen molar-refractivity contribution < 1.29 is 18.7 Å². The largest absolute Gasteiger partial charge is 0.497 e. The Morgan fingerprint density at radius 3 is 2.50 bits per heavy atom. The molecule has 0 atom stereocenters. The van der Waals surface area contributed by atoms with E-state index in [2.05, 4.69) is 15.3 Å². The van der Waals surface area contributed by atoms with E-state index < -0.39 is 0 Å². The molecule has 0 spiro atoms. The smallest absolute Gasteiger partial charge is 0.291 e. The maximum atomic E-state index is 12.5. The number of thioether (sulfide) groups is 1. The number of aromatic nitrogens is 2. The Kier molecular flexibility index (Phi) is 6.20. The van der Waals surface area contributed by atoms with E-state index in [1.165, 1.54) is 18.9 Å². The Balaban J connectivity index is 1.67. The third-order valence-electron chi connectivity index (χ3n) is 3.85. The summed E-state index contributed by atoms with van der Waals surface area (Å²) in [6.45, 7) is 3.86. The number of amides is 1. The van der Waals surface area contributed by atoms with Crippen LogP contribution >= 0.6 is 11.8 Å². The van der Waals surface area contributed by atoms with Gasteiger partial charge >= 0.3 is 0 Å². The molecular formula is C20H21N3O4S. The SMILES string of the molecule is COc1ccc(OC)c(NC(=O)c2ccc(CSc3nc(C)cc(C)n3)o2)c1. The van der Waals surface area contributed by atoms with Crippen LogP contribution in [-0.4, -0.2) is 30.1 Å². The van der Waals surface area contributed by atoms with Gasteiger partial charge in [0.15, 0.2) is 10.9 Å². The average molecular weight is 399 g/mol. The van der Waals surface area contributed by atoms with Gasteiger partial charge < -0.3 is 19.2 Å². The highest BCUT2D eigenvalue weighted by Gasteiger charge is 2.15. The monoisotopic (exact) mass is 399 g/mol. The minimum atomic E-state index is -0.370. The van der Waals surface area contributed by atoms with Crippen LogP contribution < -0.4 is 14.8 Å². The summed E-state index contributed by atoms with van der Waals surface area (Å²) in [5, 5.41) is 3.47. The first-order valence-corrected chi connectivity index (χ1v) is 9.54. The number of carbonyl (C=O) groups excluding carboxylic acids is 1. The van der Waals surface area contributed by atoms with Gasteiger partial charge in [-0.3, -0.25) is 4.79 Å². The lowest BCUT2D eigenvalue weighted by Gasteiger charge is -2.10. The standard InChI is InChI=1S/C20H21N3O4S/c1-12-9-13(2)22-20(21-12)28-11-15-6-8-18(27-15)19(24)23-16-10-14(25-3)5-7-17(16)26-4/h5-10H,11H2,1-4H3,(H,23,24). The molecule has 0 aliphatic carbocycles. The Hall–Kier alpha value is -3.00. The molecule has 0 fully saturated rings. The summed E-state index contributed by atoms with van der Waals surface area (Å²) in [6.07, 6.45) is 0. The van der Waals surface area contributed by atoms with Gasteiger partial charge in [-0.15, -0.1) is 0 Å². The van der Waals surface area contributed by atoms with E-state index in [1.54, 1.807) is 37.4 Å². The molecule has 28 heavy (non-hydrogen) atoms. The summed E-state index contributed by atoms with van der Waals surface area (Å²) in [5.41, 5.74) is 2.34. The number of hydrogen-bond donors (Lipinski definition) is 1. The van der Waals surface area contributed by atoms with E-state index in [-0.39, 0.29) is 11.7 Å². The molecule has 1 amide bonds. The summed E-state index contributed by atoms with van der Waals surface area (Å²) in [4.78, 5) is 21.3. The Morgan fingerprint density at radius 2 is 1.82 bits per heavy atom. The van der Waals surface area contributed by atoms with Crippen LogP contribution in [0.25, 0.3) is 0 Å². The zero-order valence-corrected chi connectivity index (χ0v) is 16.9. The van der Waals surface area contributed by atoms with Gasteiger partial charge in [0.25, 0.3) is 5.91 Å². The maximum absolute atomic E-state index is 12.5. The molecule has 3 aromatic rings. The van der Waals surface area contributed by atoms with E-state index in [0.29, 0.717) is 33.9 Å². The van der Waals surface area contributed by atoms with Crippen molar-refractivity contribution in [2.24, 2.45) is 0 Å². The molecule has 1 aromatic carbocycles. The molecule has 0 aliphatic heterocycles. The molecule has 146 valence electrons. The molecule has 8 heteroatoms. The predicted octanol–water partition coefficient (Wildman–Crippen LogP) is 4.25.